The monoisotopic (exact) mass is 479 g/mol. The van der Waals surface area contributed by atoms with Crippen molar-refractivity contribution in [3.63, 3.8) is 0 Å². The quantitative estimate of drug-likeness (QED) is 0.306. The average Bonchev–Trinajstić information content (AvgIpc) is 3.35. The molecule has 4 rings (SSSR count). The predicted octanol–water partition coefficient (Wildman–Crippen LogP) is 4.22. The number of aromatic nitrogens is 4. The number of benzene rings is 2. The fraction of sp³-hybridized carbons (Fsp3) is 0.125. The molecule has 2 aromatic heterocycles. The lowest BCUT2D eigenvalue weighted by molar-refractivity contribution is -0.137. The summed E-state index contributed by atoms with van der Waals surface area (Å²) in [6, 6.07) is 17.0. The molecule has 2 heterocycles. The summed E-state index contributed by atoms with van der Waals surface area (Å²) >= 11 is 0. The number of pyridine rings is 1. The van der Waals surface area contributed by atoms with Gasteiger partial charge in [-0.15, -0.1) is 5.10 Å². The number of carbonyl (C=O) groups excluding carboxylic acids is 1. The van der Waals surface area contributed by atoms with E-state index in [9.17, 15) is 18.0 Å². The first-order valence-electron chi connectivity index (χ1n) is 10.5. The first-order chi connectivity index (χ1) is 16.9. The van der Waals surface area contributed by atoms with Crippen LogP contribution in [0.4, 0.5) is 18.0 Å². The molecule has 4 aromatic rings. The lowest BCUT2D eigenvalue weighted by Gasteiger charge is -2.07. The molecule has 0 atom stereocenters. The van der Waals surface area contributed by atoms with Crippen LogP contribution in [0.25, 0.3) is 17.1 Å². The zero-order chi connectivity index (χ0) is 24.7. The Bertz CT molecular complexity index is 1290. The molecular formula is C24H20F3N7O. The predicted molar refractivity (Wildman–Crippen MR) is 124 cm³/mol. The summed E-state index contributed by atoms with van der Waals surface area (Å²) in [4.78, 5) is 20.2. The number of rotatable bonds is 7. The summed E-state index contributed by atoms with van der Waals surface area (Å²) in [5.41, 5.74) is 4.48. The highest BCUT2D eigenvalue weighted by Crippen LogP contribution is 2.29. The van der Waals surface area contributed by atoms with Gasteiger partial charge in [-0.1, -0.05) is 30.3 Å². The first kappa shape index (κ1) is 23.6. The molecule has 0 fully saturated rings. The summed E-state index contributed by atoms with van der Waals surface area (Å²) in [5.74, 6) is 0.416. The molecule has 2 amide bonds. The number of halogens is 3. The Kier molecular flexibility index (Phi) is 7.15. The normalized spacial score (nSPS) is 11.5. The van der Waals surface area contributed by atoms with Gasteiger partial charge >= 0.3 is 12.2 Å². The van der Waals surface area contributed by atoms with Gasteiger partial charge in [0.2, 0.25) is 0 Å². The Balaban J connectivity index is 1.29. The van der Waals surface area contributed by atoms with E-state index in [1.807, 2.05) is 18.2 Å². The summed E-state index contributed by atoms with van der Waals surface area (Å²) < 4.78 is 39.6. The number of nitrogens with one attached hydrogen (secondary N) is 2. The van der Waals surface area contributed by atoms with E-state index in [1.54, 1.807) is 30.5 Å². The van der Waals surface area contributed by atoms with Crippen LogP contribution in [-0.4, -0.2) is 38.5 Å². The minimum atomic E-state index is -4.39. The van der Waals surface area contributed by atoms with E-state index < -0.39 is 17.8 Å². The van der Waals surface area contributed by atoms with Crippen molar-refractivity contribution in [3.05, 3.63) is 96.1 Å². The third-order valence-electron chi connectivity index (χ3n) is 4.89. The van der Waals surface area contributed by atoms with Gasteiger partial charge < -0.3 is 5.32 Å². The van der Waals surface area contributed by atoms with E-state index >= 15 is 0 Å². The molecule has 2 aromatic carbocycles. The number of carbonyl (C=O) groups is 1. The largest absolute Gasteiger partial charge is 0.416 e. The molecule has 0 unspecified atom stereocenters. The van der Waals surface area contributed by atoms with Crippen LogP contribution < -0.4 is 10.7 Å². The van der Waals surface area contributed by atoms with Crippen molar-refractivity contribution in [1.29, 1.82) is 0 Å². The van der Waals surface area contributed by atoms with Crippen molar-refractivity contribution in [2.24, 2.45) is 5.10 Å². The number of urea groups is 1. The molecule has 0 bridgehead atoms. The number of alkyl halides is 3. The first-order valence-corrected chi connectivity index (χ1v) is 10.5. The maximum Gasteiger partial charge on any atom is 0.416 e. The van der Waals surface area contributed by atoms with Gasteiger partial charge in [-0.05, 0) is 42.0 Å². The Morgan fingerprint density at radius 1 is 1.00 bits per heavy atom. The number of amides is 2. The molecule has 0 aliphatic rings. The number of hydrazone groups is 1. The molecule has 0 aliphatic carbocycles. The fourth-order valence-corrected chi connectivity index (χ4v) is 3.10. The average molecular weight is 479 g/mol. The SMILES string of the molecule is O=C(NCCc1ccccn1)NN=Cc1ccc(-c2ncn(-c3ccc(C(F)(F)F)cc3)n2)cc1. The van der Waals surface area contributed by atoms with E-state index in [0.717, 1.165) is 23.4 Å². The van der Waals surface area contributed by atoms with Crippen molar-refractivity contribution in [3.8, 4) is 17.1 Å². The molecule has 2 N–H and O–H groups in total. The van der Waals surface area contributed by atoms with E-state index in [4.69, 9.17) is 0 Å². The molecule has 0 spiro atoms. The number of hydrogen-bond acceptors (Lipinski definition) is 5. The molecule has 0 aliphatic heterocycles. The second-order valence-electron chi connectivity index (χ2n) is 7.38. The van der Waals surface area contributed by atoms with Gasteiger partial charge in [-0.25, -0.2) is 19.9 Å². The van der Waals surface area contributed by atoms with Crippen molar-refractivity contribution in [1.82, 2.24) is 30.5 Å². The van der Waals surface area contributed by atoms with Crippen molar-refractivity contribution < 1.29 is 18.0 Å². The summed E-state index contributed by atoms with van der Waals surface area (Å²) in [6.45, 7) is 0.430. The minimum Gasteiger partial charge on any atom is -0.336 e. The molecule has 11 heteroatoms. The topological polar surface area (TPSA) is 97.1 Å². The van der Waals surface area contributed by atoms with Gasteiger partial charge in [-0.2, -0.15) is 18.3 Å². The Labute approximate surface area is 198 Å². The van der Waals surface area contributed by atoms with Gasteiger partial charge in [0.05, 0.1) is 17.5 Å². The lowest BCUT2D eigenvalue weighted by atomic mass is 10.1. The van der Waals surface area contributed by atoms with Crippen LogP contribution in [0.2, 0.25) is 0 Å². The molecular weight excluding hydrogens is 459 g/mol. The van der Waals surface area contributed by atoms with E-state index in [1.165, 1.54) is 29.4 Å². The Morgan fingerprint density at radius 3 is 2.46 bits per heavy atom. The van der Waals surface area contributed by atoms with Crippen LogP contribution in [0.15, 0.2) is 84.4 Å². The van der Waals surface area contributed by atoms with Crippen LogP contribution in [0.1, 0.15) is 16.8 Å². The standard InChI is InChI=1S/C24H20F3N7O/c25-24(26,27)19-8-10-21(11-9-19)34-16-30-22(33-34)18-6-4-17(5-7-18)15-31-32-23(35)29-14-12-20-3-1-2-13-28-20/h1-11,13,15-16H,12,14H2,(H2,29,32,35). The fourth-order valence-electron chi connectivity index (χ4n) is 3.10. The van der Waals surface area contributed by atoms with Gasteiger partial charge in [0.1, 0.15) is 6.33 Å². The van der Waals surface area contributed by atoms with Crippen molar-refractivity contribution in [2.75, 3.05) is 6.54 Å². The van der Waals surface area contributed by atoms with Crippen molar-refractivity contribution >= 4 is 12.2 Å². The van der Waals surface area contributed by atoms with Gasteiger partial charge in [-0.3, -0.25) is 4.98 Å². The summed E-state index contributed by atoms with van der Waals surface area (Å²) in [7, 11) is 0. The van der Waals surface area contributed by atoms with Crippen LogP contribution in [0, 0.1) is 0 Å². The number of nitrogens with zero attached hydrogens (tertiary/aromatic N) is 5. The third kappa shape index (κ3) is 6.50. The van der Waals surface area contributed by atoms with Crippen molar-refractivity contribution in [2.45, 2.75) is 12.6 Å². The van der Waals surface area contributed by atoms with E-state index in [2.05, 4.69) is 30.9 Å². The van der Waals surface area contributed by atoms with E-state index in [-0.39, 0.29) is 0 Å². The number of hydrogen-bond donors (Lipinski definition) is 2. The molecule has 178 valence electrons. The second kappa shape index (κ2) is 10.6. The van der Waals surface area contributed by atoms with Gasteiger partial charge in [0.25, 0.3) is 0 Å². The maximum atomic E-state index is 12.7. The third-order valence-corrected chi connectivity index (χ3v) is 4.89. The summed E-state index contributed by atoms with van der Waals surface area (Å²) in [5, 5.41) is 10.9. The highest BCUT2D eigenvalue weighted by molar-refractivity contribution is 5.82. The Morgan fingerprint density at radius 2 is 1.77 bits per heavy atom. The summed E-state index contributed by atoms with van der Waals surface area (Å²) in [6.07, 6.45) is 0.852. The zero-order valence-electron chi connectivity index (χ0n) is 18.3. The molecule has 0 radical (unpaired) electrons. The highest BCUT2D eigenvalue weighted by atomic mass is 19.4. The smallest absolute Gasteiger partial charge is 0.336 e. The van der Waals surface area contributed by atoms with Gasteiger partial charge in [0.15, 0.2) is 5.82 Å². The second-order valence-corrected chi connectivity index (χ2v) is 7.38. The minimum absolute atomic E-state index is 0.416. The van der Waals surface area contributed by atoms with E-state index in [0.29, 0.717) is 30.0 Å². The molecule has 35 heavy (non-hydrogen) atoms. The van der Waals surface area contributed by atoms with Crippen LogP contribution in [-0.2, 0) is 12.6 Å². The maximum absolute atomic E-state index is 12.7. The van der Waals surface area contributed by atoms with Crippen LogP contribution in [0.3, 0.4) is 0 Å². The molecule has 0 saturated heterocycles. The van der Waals surface area contributed by atoms with Crippen LogP contribution >= 0.6 is 0 Å². The molecule has 8 nitrogen and oxygen atoms in total. The van der Waals surface area contributed by atoms with Crippen LogP contribution in [0.5, 0.6) is 0 Å². The lowest BCUT2D eigenvalue weighted by Crippen LogP contribution is -2.33. The van der Waals surface area contributed by atoms with Gasteiger partial charge in [0, 0.05) is 30.4 Å². The Hall–Kier alpha value is -4.54. The molecule has 0 saturated carbocycles. The zero-order valence-corrected chi connectivity index (χ0v) is 18.3. The highest BCUT2D eigenvalue weighted by Gasteiger charge is 2.30.